The summed E-state index contributed by atoms with van der Waals surface area (Å²) in [6.07, 6.45) is 2.83. The normalized spacial score (nSPS) is 17.8. The third-order valence-corrected chi connectivity index (χ3v) is 5.69. The summed E-state index contributed by atoms with van der Waals surface area (Å²) in [5, 5.41) is 7.74. The number of rotatable bonds is 15. The highest BCUT2D eigenvalue weighted by Gasteiger charge is 2.34. The quantitative estimate of drug-likeness (QED) is 0.197. The lowest BCUT2D eigenvalue weighted by atomic mass is 10.0. The van der Waals surface area contributed by atoms with Gasteiger partial charge in [-0.1, -0.05) is 27.2 Å². The van der Waals surface area contributed by atoms with Gasteiger partial charge in [0.1, 0.15) is 6.04 Å². The molecule has 11 nitrogen and oxygen atoms in total. The lowest BCUT2D eigenvalue weighted by Crippen LogP contribution is -2.53. The van der Waals surface area contributed by atoms with Crippen molar-refractivity contribution in [1.29, 1.82) is 0 Å². The van der Waals surface area contributed by atoms with E-state index in [4.69, 9.17) is 7.10 Å². The SMILES string of the molecule is [2H]CC(=O)[C@H](CCCNC(N)=O)NC(=O)[C@@H](NC(=O)CCCCCN1C(=O)CC(C)C1=O)C(C)C. The van der Waals surface area contributed by atoms with Crippen molar-refractivity contribution in [3.63, 3.8) is 0 Å². The summed E-state index contributed by atoms with van der Waals surface area (Å²) in [5.41, 5.74) is 5.01. The molecule has 1 aliphatic heterocycles. The minimum atomic E-state index is -0.897. The zero-order valence-corrected chi connectivity index (χ0v) is 20.4. The van der Waals surface area contributed by atoms with Crippen molar-refractivity contribution >= 4 is 35.4 Å². The Balaban J connectivity index is 2.48. The molecule has 11 heteroatoms. The molecule has 34 heavy (non-hydrogen) atoms. The van der Waals surface area contributed by atoms with Crippen LogP contribution in [0.15, 0.2) is 0 Å². The van der Waals surface area contributed by atoms with Gasteiger partial charge < -0.3 is 21.7 Å². The molecule has 1 fully saturated rings. The summed E-state index contributed by atoms with van der Waals surface area (Å²) in [6, 6.07) is -2.44. The van der Waals surface area contributed by atoms with Crippen LogP contribution in [0.25, 0.3) is 0 Å². The molecule has 0 aliphatic carbocycles. The molecule has 0 aromatic heterocycles. The Morgan fingerprint density at radius 1 is 1.12 bits per heavy atom. The summed E-state index contributed by atoms with van der Waals surface area (Å²) in [6.45, 7) is 5.36. The number of ketones is 1. The third kappa shape index (κ3) is 9.88. The average molecular weight is 483 g/mol. The highest BCUT2D eigenvalue weighted by Crippen LogP contribution is 2.19. The lowest BCUT2D eigenvalue weighted by Gasteiger charge is -2.24. The number of carbonyl (C=O) groups excluding carboxylic acids is 6. The Kier molecular flexibility index (Phi) is 11.5. The molecule has 1 unspecified atom stereocenters. The first-order chi connectivity index (χ1) is 16.5. The van der Waals surface area contributed by atoms with E-state index in [1.54, 1.807) is 20.8 Å². The second-order valence-electron chi connectivity index (χ2n) is 9.05. The smallest absolute Gasteiger partial charge is 0.312 e. The van der Waals surface area contributed by atoms with Gasteiger partial charge in [0.25, 0.3) is 0 Å². The molecule has 1 heterocycles. The minimum Gasteiger partial charge on any atom is -0.352 e. The van der Waals surface area contributed by atoms with Gasteiger partial charge in [-0.15, -0.1) is 0 Å². The van der Waals surface area contributed by atoms with Gasteiger partial charge in [0.15, 0.2) is 5.78 Å². The molecule has 0 aromatic carbocycles. The van der Waals surface area contributed by atoms with Crippen LogP contribution in [0, 0.1) is 11.8 Å². The molecule has 0 saturated carbocycles. The fourth-order valence-corrected chi connectivity index (χ4v) is 3.69. The van der Waals surface area contributed by atoms with E-state index >= 15 is 0 Å². The largest absolute Gasteiger partial charge is 0.352 e. The van der Waals surface area contributed by atoms with Crippen LogP contribution < -0.4 is 21.7 Å². The summed E-state index contributed by atoms with van der Waals surface area (Å²) in [7, 11) is 0. The molecular formula is C23H39N5O6. The molecule has 5 N–H and O–H groups in total. The number of hydrogen-bond donors (Lipinski definition) is 4. The van der Waals surface area contributed by atoms with Crippen molar-refractivity contribution in [2.75, 3.05) is 13.1 Å². The topological polar surface area (TPSA) is 168 Å². The van der Waals surface area contributed by atoms with Gasteiger partial charge >= 0.3 is 6.03 Å². The Labute approximate surface area is 202 Å². The first-order valence-electron chi connectivity index (χ1n) is 12.5. The number of unbranched alkanes of at least 4 members (excludes halogenated alkanes) is 2. The molecule has 0 spiro atoms. The van der Waals surface area contributed by atoms with Gasteiger partial charge in [0, 0.05) is 33.2 Å². The highest BCUT2D eigenvalue weighted by molar-refractivity contribution is 6.03. The molecule has 0 aromatic rings. The van der Waals surface area contributed by atoms with Gasteiger partial charge in [-0.05, 0) is 38.5 Å². The number of primary amides is 1. The van der Waals surface area contributed by atoms with Gasteiger partial charge in [0.2, 0.25) is 23.6 Å². The van der Waals surface area contributed by atoms with Crippen LogP contribution in [0.4, 0.5) is 4.79 Å². The van der Waals surface area contributed by atoms with Crippen molar-refractivity contribution in [2.24, 2.45) is 17.6 Å². The van der Waals surface area contributed by atoms with Crippen molar-refractivity contribution in [2.45, 2.75) is 84.7 Å². The van der Waals surface area contributed by atoms with E-state index in [0.717, 1.165) is 0 Å². The summed E-state index contributed by atoms with van der Waals surface area (Å²) in [4.78, 5) is 73.1. The summed E-state index contributed by atoms with van der Waals surface area (Å²) >= 11 is 0. The van der Waals surface area contributed by atoms with Crippen LogP contribution in [-0.2, 0) is 24.0 Å². The third-order valence-electron chi connectivity index (χ3n) is 5.69. The number of urea groups is 1. The van der Waals surface area contributed by atoms with Crippen LogP contribution in [0.3, 0.4) is 0 Å². The summed E-state index contributed by atoms with van der Waals surface area (Å²) < 4.78 is 7.33. The number of likely N-dealkylation sites (tertiary alicyclic amines) is 1. The molecule has 3 atom stereocenters. The number of imide groups is 1. The average Bonchev–Trinajstić information content (AvgIpc) is 3.03. The Morgan fingerprint density at radius 2 is 1.82 bits per heavy atom. The maximum atomic E-state index is 12.8. The van der Waals surface area contributed by atoms with E-state index in [0.29, 0.717) is 32.2 Å². The molecule has 6 amide bonds. The number of carbonyl (C=O) groups is 6. The van der Waals surface area contributed by atoms with Gasteiger partial charge in [-0.3, -0.25) is 28.9 Å². The number of nitrogens with two attached hydrogens (primary N) is 1. The van der Waals surface area contributed by atoms with Gasteiger partial charge in [-0.2, -0.15) is 0 Å². The molecular weight excluding hydrogens is 442 g/mol. The first kappa shape index (κ1) is 27.3. The second kappa shape index (κ2) is 14.3. The number of nitrogens with one attached hydrogen (secondary N) is 3. The van der Waals surface area contributed by atoms with Crippen molar-refractivity contribution in [1.82, 2.24) is 20.9 Å². The number of nitrogens with zero attached hydrogens (tertiary/aromatic N) is 1. The van der Waals surface area contributed by atoms with Gasteiger partial charge in [-0.25, -0.2) is 4.79 Å². The lowest BCUT2D eigenvalue weighted by molar-refractivity contribution is -0.139. The highest BCUT2D eigenvalue weighted by atomic mass is 16.2. The van der Waals surface area contributed by atoms with E-state index in [2.05, 4.69) is 16.0 Å². The fourth-order valence-electron chi connectivity index (χ4n) is 3.69. The van der Waals surface area contributed by atoms with Crippen LogP contribution in [0.5, 0.6) is 0 Å². The van der Waals surface area contributed by atoms with Gasteiger partial charge in [0.05, 0.1) is 6.04 Å². The van der Waals surface area contributed by atoms with E-state index in [9.17, 15) is 28.8 Å². The molecule has 0 radical (unpaired) electrons. The van der Waals surface area contributed by atoms with Crippen LogP contribution in [0.2, 0.25) is 0 Å². The fraction of sp³-hybridized carbons (Fsp3) is 0.739. The van der Waals surface area contributed by atoms with Crippen LogP contribution in [0.1, 0.15) is 74.0 Å². The Hall–Kier alpha value is -2.98. The second-order valence-corrected chi connectivity index (χ2v) is 9.05. The predicted molar refractivity (Wildman–Crippen MR) is 125 cm³/mol. The van der Waals surface area contributed by atoms with Crippen molar-refractivity contribution in [3.8, 4) is 0 Å². The number of amides is 6. The maximum Gasteiger partial charge on any atom is 0.312 e. The number of Topliss-reactive ketones (excluding diaryl/α,β-unsaturated/α-hetero) is 1. The zero-order valence-electron chi connectivity index (χ0n) is 21.4. The standard InChI is InChI=1S/C23H39N5O6/c1-14(2)20(21(32)26-17(16(4)29)9-8-11-25-23(24)34)27-18(30)10-6-5-7-12-28-19(31)13-15(3)22(28)33/h14-15,17,20H,5-13H2,1-4H3,(H,26,32)(H,27,30)(H3,24,25,34)/t15?,17-,20-/m0/s1/i4D. The Morgan fingerprint density at radius 3 is 2.38 bits per heavy atom. The molecule has 192 valence electrons. The molecule has 1 aliphatic rings. The van der Waals surface area contributed by atoms with Crippen LogP contribution in [-0.4, -0.2) is 65.5 Å². The first-order valence-corrected chi connectivity index (χ1v) is 11.8. The van der Waals surface area contributed by atoms with Crippen LogP contribution >= 0.6 is 0 Å². The minimum absolute atomic E-state index is 0.148. The summed E-state index contributed by atoms with van der Waals surface area (Å²) in [5.74, 6) is -2.09. The van der Waals surface area contributed by atoms with Crippen molar-refractivity contribution < 1.29 is 30.1 Å². The van der Waals surface area contributed by atoms with E-state index in [-0.39, 0.29) is 55.4 Å². The molecule has 0 bridgehead atoms. The van der Waals surface area contributed by atoms with E-state index in [1.807, 2.05) is 0 Å². The zero-order chi connectivity index (χ0) is 26.5. The molecule has 1 saturated heterocycles. The monoisotopic (exact) mass is 482 g/mol. The molecule has 1 rings (SSSR count). The van der Waals surface area contributed by atoms with E-state index < -0.39 is 36.7 Å². The predicted octanol–water partition coefficient (Wildman–Crippen LogP) is 0.605. The van der Waals surface area contributed by atoms with E-state index in [1.165, 1.54) is 4.90 Å². The maximum absolute atomic E-state index is 12.8. The van der Waals surface area contributed by atoms with Crippen molar-refractivity contribution in [3.05, 3.63) is 0 Å². The Bertz CT molecular complexity index is 790. The number of hydrogen-bond acceptors (Lipinski definition) is 6.